The highest BCUT2D eigenvalue weighted by Gasteiger charge is 2.45. The summed E-state index contributed by atoms with van der Waals surface area (Å²) in [6.45, 7) is 4.09. The average Bonchev–Trinajstić information content (AvgIpc) is 3.42. The minimum atomic E-state index is -0.930. The van der Waals surface area contributed by atoms with E-state index in [1.807, 2.05) is 26.0 Å². The van der Waals surface area contributed by atoms with Gasteiger partial charge in [-0.15, -0.1) is 0 Å². The predicted octanol–water partition coefficient (Wildman–Crippen LogP) is 4.37. The van der Waals surface area contributed by atoms with Gasteiger partial charge in [0, 0.05) is 11.4 Å². The van der Waals surface area contributed by atoms with Crippen molar-refractivity contribution in [2.24, 2.45) is 5.92 Å². The molecular formula is C22H26ClNO4. The molecule has 0 atom stereocenters. The molecule has 0 saturated heterocycles. The molecule has 3 N–H and O–H groups in total. The Morgan fingerprint density at radius 1 is 1.14 bits per heavy atom. The molecule has 2 aromatic rings. The van der Waals surface area contributed by atoms with Gasteiger partial charge in [-0.25, -0.2) is 4.79 Å². The lowest BCUT2D eigenvalue weighted by molar-refractivity contribution is -0.122. The van der Waals surface area contributed by atoms with E-state index < -0.39 is 5.97 Å². The minimum absolute atomic E-state index is 0.0561. The predicted molar refractivity (Wildman–Crippen MR) is 109 cm³/mol. The first-order valence-corrected chi connectivity index (χ1v) is 9.63. The lowest BCUT2D eigenvalue weighted by atomic mass is 10.0. The normalized spacial score (nSPS) is 14.0. The van der Waals surface area contributed by atoms with Gasteiger partial charge in [-0.1, -0.05) is 49.7 Å². The smallest absolute Gasteiger partial charge is 0.335 e. The highest BCUT2D eigenvalue weighted by Crippen LogP contribution is 2.45. The lowest BCUT2D eigenvalue weighted by Gasteiger charge is -2.19. The van der Waals surface area contributed by atoms with Crippen LogP contribution < -0.4 is 5.32 Å². The fraction of sp³-hybridized carbons (Fsp3) is 0.364. The molecule has 0 unspecified atom stereocenters. The zero-order chi connectivity index (χ0) is 20.7. The number of halogens is 1. The van der Waals surface area contributed by atoms with E-state index in [1.54, 1.807) is 36.4 Å². The van der Waals surface area contributed by atoms with E-state index in [0.29, 0.717) is 17.4 Å². The summed E-state index contributed by atoms with van der Waals surface area (Å²) < 4.78 is 0. The van der Waals surface area contributed by atoms with Crippen molar-refractivity contribution in [3.8, 4) is 0 Å². The summed E-state index contributed by atoms with van der Waals surface area (Å²) in [6.07, 6.45) is 2.36. The number of hydrogen-bond acceptors (Lipinski definition) is 3. The first-order valence-electron chi connectivity index (χ1n) is 9.26. The number of carbonyl (C=O) groups excluding carboxylic acids is 1. The van der Waals surface area contributed by atoms with Gasteiger partial charge in [0.05, 0.1) is 17.7 Å². The summed E-state index contributed by atoms with van der Waals surface area (Å²) in [5.41, 5.74) is 1.85. The van der Waals surface area contributed by atoms with Crippen molar-refractivity contribution < 1.29 is 19.8 Å². The quantitative estimate of drug-likeness (QED) is 0.668. The summed E-state index contributed by atoms with van der Waals surface area (Å²) in [6, 6.07) is 13.9. The zero-order valence-corrected chi connectivity index (χ0v) is 16.9. The lowest BCUT2D eigenvalue weighted by Crippen LogP contribution is -2.35. The molecule has 5 nitrogen and oxygen atoms in total. The first kappa shape index (κ1) is 21.9. The number of amides is 1. The zero-order valence-electron chi connectivity index (χ0n) is 16.1. The van der Waals surface area contributed by atoms with Crippen molar-refractivity contribution in [3.05, 3.63) is 70.2 Å². The number of aliphatic hydroxyl groups excluding tert-OH is 1. The van der Waals surface area contributed by atoms with Crippen LogP contribution in [0.25, 0.3) is 0 Å². The summed E-state index contributed by atoms with van der Waals surface area (Å²) in [4.78, 5) is 22.7. The van der Waals surface area contributed by atoms with Crippen LogP contribution in [0.3, 0.4) is 0 Å². The molecule has 0 heterocycles. The molecule has 0 spiro atoms. The maximum absolute atomic E-state index is 11.9. The van der Waals surface area contributed by atoms with Gasteiger partial charge in [-0.05, 0) is 54.2 Å². The third-order valence-corrected chi connectivity index (χ3v) is 4.71. The number of rotatable bonds is 6. The van der Waals surface area contributed by atoms with Crippen LogP contribution in [0, 0.1) is 5.92 Å². The third kappa shape index (κ3) is 6.36. The monoisotopic (exact) mass is 403 g/mol. The second-order valence-corrected chi connectivity index (χ2v) is 7.84. The number of nitrogens with one attached hydrogen (secondary N) is 1. The third-order valence-electron chi connectivity index (χ3n) is 4.48. The highest BCUT2D eigenvalue weighted by atomic mass is 35.5. The van der Waals surface area contributed by atoms with E-state index in [4.69, 9.17) is 21.8 Å². The molecule has 2 aromatic carbocycles. The van der Waals surface area contributed by atoms with E-state index in [-0.39, 0.29) is 23.6 Å². The van der Waals surface area contributed by atoms with Gasteiger partial charge >= 0.3 is 5.97 Å². The summed E-state index contributed by atoms with van der Waals surface area (Å²) in [7, 11) is 0. The van der Waals surface area contributed by atoms with Crippen LogP contribution in [0.1, 0.15) is 54.6 Å². The van der Waals surface area contributed by atoms with Crippen molar-refractivity contribution in [2.75, 3.05) is 0 Å². The molecule has 6 heteroatoms. The van der Waals surface area contributed by atoms with Gasteiger partial charge in [0.25, 0.3) is 0 Å². The number of carboxylic acids is 1. The molecule has 150 valence electrons. The van der Waals surface area contributed by atoms with Crippen molar-refractivity contribution in [1.29, 1.82) is 0 Å². The van der Waals surface area contributed by atoms with E-state index >= 15 is 0 Å². The average molecular weight is 404 g/mol. The van der Waals surface area contributed by atoms with Crippen LogP contribution in [0.5, 0.6) is 0 Å². The number of hydrogen-bond donors (Lipinski definition) is 3. The molecule has 3 rings (SSSR count). The fourth-order valence-electron chi connectivity index (χ4n) is 2.87. The first-order chi connectivity index (χ1) is 13.3. The molecular weight excluding hydrogens is 378 g/mol. The standard InChI is InChI=1S/C15H19NO3.C7H7ClO/c1-10(2)9-13(17)16-15(7-8-15)12-5-3-11(4-6-12)14(18)19;8-7-3-1-2-6(4-7)5-9/h3-6,10H,7-9H2,1-2H3,(H,16,17)(H,18,19);1-4,9H,5H2. The number of carboxylic acid groups (broad SMARTS) is 1. The van der Waals surface area contributed by atoms with Gasteiger partial charge in [-0.3, -0.25) is 4.79 Å². The second-order valence-electron chi connectivity index (χ2n) is 7.40. The van der Waals surface area contributed by atoms with Crippen LogP contribution in [0.4, 0.5) is 0 Å². The largest absolute Gasteiger partial charge is 0.478 e. The molecule has 0 radical (unpaired) electrons. The Balaban J connectivity index is 0.000000261. The van der Waals surface area contributed by atoms with Crippen molar-refractivity contribution in [2.45, 2.75) is 45.3 Å². The Morgan fingerprint density at radius 3 is 2.21 bits per heavy atom. The fourth-order valence-corrected chi connectivity index (χ4v) is 3.08. The SMILES string of the molecule is CC(C)CC(=O)NC1(c2ccc(C(=O)O)cc2)CC1.OCc1cccc(Cl)c1. The van der Waals surface area contributed by atoms with Gasteiger partial charge in [0.2, 0.25) is 5.91 Å². The summed E-state index contributed by atoms with van der Waals surface area (Å²) in [5.74, 6) is -0.528. The molecule has 1 saturated carbocycles. The van der Waals surface area contributed by atoms with E-state index in [0.717, 1.165) is 24.0 Å². The number of aromatic carboxylic acids is 1. The Hall–Kier alpha value is -2.37. The van der Waals surface area contributed by atoms with Gasteiger partial charge in [0.1, 0.15) is 0 Å². The Kier molecular flexibility index (Phi) is 7.61. The number of aliphatic hydroxyl groups is 1. The number of carbonyl (C=O) groups is 2. The highest BCUT2D eigenvalue weighted by molar-refractivity contribution is 6.30. The van der Waals surface area contributed by atoms with E-state index in [2.05, 4.69) is 5.32 Å². The van der Waals surface area contributed by atoms with Crippen molar-refractivity contribution in [1.82, 2.24) is 5.32 Å². The van der Waals surface area contributed by atoms with Crippen LogP contribution in [-0.2, 0) is 16.9 Å². The molecule has 1 fully saturated rings. The molecule has 28 heavy (non-hydrogen) atoms. The molecule has 1 aliphatic rings. The summed E-state index contributed by atoms with van der Waals surface area (Å²) in [5, 5.41) is 21.2. The van der Waals surface area contributed by atoms with E-state index in [9.17, 15) is 9.59 Å². The maximum atomic E-state index is 11.9. The molecule has 0 bridgehead atoms. The molecule has 0 aliphatic heterocycles. The van der Waals surface area contributed by atoms with Crippen LogP contribution in [0.15, 0.2) is 48.5 Å². The van der Waals surface area contributed by atoms with Gasteiger partial charge < -0.3 is 15.5 Å². The Labute approximate surface area is 170 Å². The van der Waals surface area contributed by atoms with Crippen LogP contribution in [0.2, 0.25) is 5.02 Å². The topological polar surface area (TPSA) is 86.6 Å². The maximum Gasteiger partial charge on any atom is 0.335 e. The van der Waals surface area contributed by atoms with Gasteiger partial charge in [0.15, 0.2) is 0 Å². The summed E-state index contributed by atoms with van der Waals surface area (Å²) >= 11 is 5.61. The van der Waals surface area contributed by atoms with Gasteiger partial charge in [-0.2, -0.15) is 0 Å². The second kappa shape index (κ2) is 9.71. The van der Waals surface area contributed by atoms with Crippen molar-refractivity contribution in [3.63, 3.8) is 0 Å². The number of benzene rings is 2. The molecule has 1 amide bonds. The van der Waals surface area contributed by atoms with E-state index in [1.165, 1.54) is 0 Å². The molecule has 0 aromatic heterocycles. The van der Waals surface area contributed by atoms with Crippen LogP contribution >= 0.6 is 11.6 Å². The Morgan fingerprint density at radius 2 is 1.79 bits per heavy atom. The molecule has 1 aliphatic carbocycles. The minimum Gasteiger partial charge on any atom is -0.478 e. The van der Waals surface area contributed by atoms with Crippen molar-refractivity contribution >= 4 is 23.5 Å². The van der Waals surface area contributed by atoms with Crippen LogP contribution in [-0.4, -0.2) is 22.1 Å². The Bertz CT molecular complexity index is 814.